The molecule has 2 aromatic rings. The molecule has 2 N–H and O–H groups in total. The quantitative estimate of drug-likeness (QED) is 0.751. The van der Waals surface area contributed by atoms with Gasteiger partial charge >= 0.3 is 0 Å². The second-order valence-corrected chi connectivity index (χ2v) is 4.93. The van der Waals surface area contributed by atoms with Gasteiger partial charge in [-0.1, -0.05) is 12.1 Å². The maximum absolute atomic E-state index is 3.97. The lowest BCUT2D eigenvalue weighted by molar-refractivity contribution is 0.843. The highest BCUT2D eigenvalue weighted by Gasteiger charge is 2.02. The molecular weight excluding hydrogens is 246 g/mol. The lowest BCUT2D eigenvalue weighted by Crippen LogP contribution is -2.01. The van der Waals surface area contributed by atoms with Gasteiger partial charge in [0, 0.05) is 17.8 Å². The first kappa shape index (κ1) is 12.9. The summed E-state index contributed by atoms with van der Waals surface area (Å²) in [5.74, 6) is 1.85. The monoisotopic (exact) mass is 263 g/mol. The zero-order valence-electron chi connectivity index (χ0n) is 10.4. The first-order chi connectivity index (χ1) is 8.90. The Morgan fingerprint density at radius 1 is 1.33 bits per heavy atom. The van der Waals surface area contributed by atoms with Crippen molar-refractivity contribution in [1.29, 1.82) is 0 Å². The fourth-order valence-electron chi connectivity index (χ4n) is 1.66. The molecular formula is C12H17N5S. The largest absolute Gasteiger partial charge is 0.385 e. The van der Waals surface area contributed by atoms with E-state index in [2.05, 4.69) is 38.3 Å². The highest BCUT2D eigenvalue weighted by Crippen LogP contribution is 2.18. The van der Waals surface area contributed by atoms with Crippen LogP contribution in [-0.2, 0) is 0 Å². The minimum atomic E-state index is 0.626. The number of nitrogens with zero attached hydrogens (tertiary/aromatic N) is 3. The maximum atomic E-state index is 3.97. The zero-order valence-corrected chi connectivity index (χ0v) is 11.2. The number of H-pyrrole nitrogens is 1. The third-order valence-corrected chi connectivity index (χ3v) is 3.27. The first-order valence-electron chi connectivity index (χ1n) is 5.97. The lowest BCUT2D eigenvalue weighted by atomic mass is 10.2. The Morgan fingerprint density at radius 3 is 3.06 bits per heavy atom. The Morgan fingerprint density at radius 2 is 2.28 bits per heavy atom. The number of rotatable bonds is 7. The number of aromatic amines is 1. The topological polar surface area (TPSA) is 66.5 Å². The molecule has 18 heavy (non-hydrogen) atoms. The van der Waals surface area contributed by atoms with Crippen molar-refractivity contribution >= 4 is 17.4 Å². The molecule has 0 bridgehead atoms. The fraction of sp³-hybridized carbons (Fsp3) is 0.417. The summed E-state index contributed by atoms with van der Waals surface area (Å²) in [6.45, 7) is 0.996. The molecule has 6 heteroatoms. The SMILES string of the molecule is CSCCCCNc1cccc(-c2nn[nH]n2)c1. The van der Waals surface area contributed by atoms with E-state index in [-0.39, 0.29) is 0 Å². The molecule has 0 saturated carbocycles. The average Bonchev–Trinajstić information content (AvgIpc) is 2.93. The lowest BCUT2D eigenvalue weighted by Gasteiger charge is -2.06. The molecule has 96 valence electrons. The summed E-state index contributed by atoms with van der Waals surface area (Å²) in [6, 6.07) is 8.07. The van der Waals surface area contributed by atoms with Crippen molar-refractivity contribution in [2.75, 3.05) is 23.9 Å². The van der Waals surface area contributed by atoms with Crippen molar-refractivity contribution in [3.63, 3.8) is 0 Å². The summed E-state index contributed by atoms with van der Waals surface area (Å²) in [5.41, 5.74) is 2.07. The molecule has 0 saturated heterocycles. The van der Waals surface area contributed by atoms with Crippen molar-refractivity contribution in [1.82, 2.24) is 20.6 Å². The third-order valence-electron chi connectivity index (χ3n) is 2.57. The standard InChI is InChI=1S/C12H17N5S/c1-18-8-3-2-7-13-11-6-4-5-10(9-11)12-14-16-17-15-12/h4-6,9,13H,2-3,7-8H2,1H3,(H,14,15,16,17). The Kier molecular flexibility index (Phi) is 5.01. The normalized spacial score (nSPS) is 10.5. The molecule has 1 aromatic heterocycles. The van der Waals surface area contributed by atoms with Crippen LogP contribution in [-0.4, -0.2) is 39.2 Å². The average molecular weight is 263 g/mol. The van der Waals surface area contributed by atoms with Crippen LogP contribution < -0.4 is 5.32 Å². The van der Waals surface area contributed by atoms with E-state index in [1.807, 2.05) is 30.0 Å². The Labute approximate surface area is 111 Å². The molecule has 1 heterocycles. The van der Waals surface area contributed by atoms with E-state index in [4.69, 9.17) is 0 Å². The van der Waals surface area contributed by atoms with E-state index in [1.165, 1.54) is 18.6 Å². The Hall–Kier alpha value is -1.56. The van der Waals surface area contributed by atoms with Gasteiger partial charge < -0.3 is 5.32 Å². The summed E-state index contributed by atoms with van der Waals surface area (Å²) in [6.07, 6.45) is 4.58. The summed E-state index contributed by atoms with van der Waals surface area (Å²) in [4.78, 5) is 0. The van der Waals surface area contributed by atoms with Crippen LogP contribution in [0.4, 0.5) is 5.69 Å². The molecule has 1 aromatic carbocycles. The number of anilines is 1. The van der Waals surface area contributed by atoms with E-state index in [0.29, 0.717) is 5.82 Å². The van der Waals surface area contributed by atoms with Crippen molar-refractivity contribution < 1.29 is 0 Å². The number of hydrogen-bond donors (Lipinski definition) is 2. The molecule has 0 radical (unpaired) electrons. The van der Waals surface area contributed by atoms with Gasteiger partial charge in [0.15, 0.2) is 0 Å². The maximum Gasteiger partial charge on any atom is 0.204 e. The van der Waals surface area contributed by atoms with Crippen molar-refractivity contribution in [2.24, 2.45) is 0 Å². The molecule has 0 spiro atoms. The van der Waals surface area contributed by atoms with Crippen LogP contribution in [0.1, 0.15) is 12.8 Å². The van der Waals surface area contributed by atoms with E-state index >= 15 is 0 Å². The molecule has 0 aliphatic heterocycles. The molecule has 0 aliphatic carbocycles. The molecule has 0 unspecified atom stereocenters. The summed E-state index contributed by atoms with van der Waals surface area (Å²) in [7, 11) is 0. The van der Waals surface area contributed by atoms with Crippen LogP contribution in [0, 0.1) is 0 Å². The first-order valence-corrected chi connectivity index (χ1v) is 7.36. The number of thioether (sulfide) groups is 1. The van der Waals surface area contributed by atoms with Crippen LogP contribution >= 0.6 is 11.8 Å². The molecule has 0 aliphatic rings. The van der Waals surface area contributed by atoms with Crippen LogP contribution in [0.3, 0.4) is 0 Å². The summed E-state index contributed by atoms with van der Waals surface area (Å²) >= 11 is 1.89. The zero-order chi connectivity index (χ0) is 12.6. The number of unbranched alkanes of at least 4 members (excludes halogenated alkanes) is 1. The summed E-state index contributed by atoms with van der Waals surface area (Å²) in [5, 5.41) is 17.4. The van der Waals surface area contributed by atoms with Crippen LogP contribution in [0.2, 0.25) is 0 Å². The third kappa shape index (κ3) is 3.73. The van der Waals surface area contributed by atoms with Crippen LogP contribution in [0.25, 0.3) is 11.4 Å². The molecule has 0 fully saturated rings. The second kappa shape index (κ2) is 7.00. The van der Waals surface area contributed by atoms with Gasteiger partial charge in [0.1, 0.15) is 0 Å². The van der Waals surface area contributed by atoms with E-state index in [0.717, 1.165) is 17.8 Å². The molecule has 2 rings (SSSR count). The number of nitrogens with one attached hydrogen (secondary N) is 2. The predicted molar refractivity (Wildman–Crippen MR) is 75.7 cm³/mol. The van der Waals surface area contributed by atoms with Gasteiger partial charge in [0.25, 0.3) is 0 Å². The molecule has 0 amide bonds. The minimum absolute atomic E-state index is 0.626. The highest BCUT2D eigenvalue weighted by molar-refractivity contribution is 7.98. The van der Waals surface area contributed by atoms with E-state index in [1.54, 1.807) is 0 Å². The fourth-order valence-corrected chi connectivity index (χ4v) is 2.15. The smallest absolute Gasteiger partial charge is 0.204 e. The van der Waals surface area contributed by atoms with Gasteiger partial charge in [0.05, 0.1) is 0 Å². The van der Waals surface area contributed by atoms with Gasteiger partial charge in [-0.2, -0.15) is 17.0 Å². The molecule has 0 atom stereocenters. The van der Waals surface area contributed by atoms with E-state index in [9.17, 15) is 0 Å². The predicted octanol–water partition coefficient (Wildman–Crippen LogP) is 2.42. The molecule has 5 nitrogen and oxygen atoms in total. The van der Waals surface area contributed by atoms with Crippen molar-refractivity contribution in [3.8, 4) is 11.4 Å². The van der Waals surface area contributed by atoms with Gasteiger partial charge in [-0.3, -0.25) is 0 Å². The Balaban J connectivity index is 1.88. The van der Waals surface area contributed by atoms with Crippen molar-refractivity contribution in [2.45, 2.75) is 12.8 Å². The number of aromatic nitrogens is 4. The van der Waals surface area contributed by atoms with E-state index < -0.39 is 0 Å². The number of hydrogen-bond acceptors (Lipinski definition) is 5. The minimum Gasteiger partial charge on any atom is -0.385 e. The van der Waals surface area contributed by atoms with Crippen LogP contribution in [0.5, 0.6) is 0 Å². The van der Waals surface area contributed by atoms with Crippen LogP contribution in [0.15, 0.2) is 24.3 Å². The summed E-state index contributed by atoms with van der Waals surface area (Å²) < 4.78 is 0. The van der Waals surface area contributed by atoms with Gasteiger partial charge in [-0.05, 0) is 42.2 Å². The van der Waals surface area contributed by atoms with Gasteiger partial charge in [-0.25, -0.2) is 0 Å². The number of tetrazole rings is 1. The van der Waals surface area contributed by atoms with Crippen molar-refractivity contribution in [3.05, 3.63) is 24.3 Å². The number of benzene rings is 1. The van der Waals surface area contributed by atoms with Gasteiger partial charge in [0.2, 0.25) is 5.82 Å². The van der Waals surface area contributed by atoms with Gasteiger partial charge in [-0.15, -0.1) is 10.2 Å². The Bertz CT molecular complexity index is 457. The highest BCUT2D eigenvalue weighted by atomic mass is 32.2. The second-order valence-electron chi connectivity index (χ2n) is 3.94.